The number of hydrogen-bond donors (Lipinski definition) is 1. The van der Waals surface area contributed by atoms with Gasteiger partial charge < -0.3 is 20.0 Å². The smallest absolute Gasteiger partial charge is 0.368 e. The van der Waals surface area contributed by atoms with Gasteiger partial charge in [-0.05, 0) is 56.3 Å². The summed E-state index contributed by atoms with van der Waals surface area (Å²) in [6, 6.07) is 5.71. The second-order valence-electron chi connectivity index (χ2n) is 10.7. The van der Waals surface area contributed by atoms with Crippen LogP contribution < -0.4 is 15.1 Å². The van der Waals surface area contributed by atoms with Crippen LogP contribution in [0.3, 0.4) is 0 Å². The molecule has 0 unspecified atom stereocenters. The average Bonchev–Trinajstić information content (AvgIpc) is 3.61. The van der Waals surface area contributed by atoms with E-state index >= 15 is 4.39 Å². The number of benzene rings is 2. The van der Waals surface area contributed by atoms with E-state index in [0.29, 0.717) is 44.4 Å². The third kappa shape index (κ3) is 5.58. The largest absolute Gasteiger partial charge is 0.418 e. The van der Waals surface area contributed by atoms with Crippen LogP contribution in [0, 0.1) is 17.5 Å². The molecular weight excluding hydrogens is 576 g/mol. The van der Waals surface area contributed by atoms with Crippen molar-refractivity contribution < 1.29 is 31.1 Å². The number of amides is 1. The van der Waals surface area contributed by atoms with Crippen LogP contribution in [0.2, 0.25) is 0 Å². The number of piperazine rings is 1. The highest BCUT2D eigenvalue weighted by atomic mass is 19.4. The van der Waals surface area contributed by atoms with Gasteiger partial charge in [-0.1, -0.05) is 0 Å². The maximum absolute atomic E-state index is 15.2. The summed E-state index contributed by atoms with van der Waals surface area (Å²) in [5, 5.41) is 6.57. The van der Waals surface area contributed by atoms with Gasteiger partial charge in [0.1, 0.15) is 29.0 Å². The van der Waals surface area contributed by atoms with Gasteiger partial charge in [0.2, 0.25) is 0 Å². The van der Waals surface area contributed by atoms with Crippen molar-refractivity contribution in [3.63, 3.8) is 0 Å². The van der Waals surface area contributed by atoms with E-state index in [-0.39, 0.29) is 35.7 Å². The number of nitrogens with zero attached hydrogens (tertiary/aromatic N) is 6. The van der Waals surface area contributed by atoms with Gasteiger partial charge in [0.25, 0.3) is 5.91 Å². The van der Waals surface area contributed by atoms with Crippen molar-refractivity contribution in [3.05, 3.63) is 82.9 Å². The molecule has 0 aliphatic carbocycles. The minimum atomic E-state index is -4.82. The lowest BCUT2D eigenvalue weighted by atomic mass is 10.0. The molecule has 6 rings (SSSR count). The molecule has 8 nitrogen and oxygen atoms in total. The molecule has 1 amide bonds. The summed E-state index contributed by atoms with van der Waals surface area (Å²) in [6.45, 7) is 2.10. The van der Waals surface area contributed by atoms with Gasteiger partial charge in [0, 0.05) is 44.5 Å². The Morgan fingerprint density at radius 1 is 0.977 bits per heavy atom. The number of carbonyl (C=O) groups is 1. The first-order valence-electron chi connectivity index (χ1n) is 13.7. The fraction of sp³-hybridized carbons (Fsp3) is 0.345. The third-order valence-electron chi connectivity index (χ3n) is 7.95. The number of hydrogen-bond acceptors (Lipinski definition) is 6. The second kappa shape index (κ2) is 11.1. The summed E-state index contributed by atoms with van der Waals surface area (Å²) in [4.78, 5) is 22.9. The molecule has 2 aliphatic heterocycles. The minimum Gasteiger partial charge on any atom is -0.368 e. The first kappa shape index (κ1) is 28.8. The lowest BCUT2D eigenvalue weighted by Crippen LogP contribution is -2.45. The lowest BCUT2D eigenvalue weighted by molar-refractivity contribution is -0.137. The van der Waals surface area contributed by atoms with Crippen molar-refractivity contribution in [1.29, 1.82) is 0 Å². The van der Waals surface area contributed by atoms with Crippen LogP contribution in [0.25, 0.3) is 5.65 Å². The third-order valence-corrected chi connectivity index (χ3v) is 7.95. The molecule has 2 fully saturated rings. The number of nitrogens with one attached hydrogen (secondary N) is 1. The van der Waals surface area contributed by atoms with Crippen LogP contribution in [0.4, 0.5) is 43.5 Å². The summed E-state index contributed by atoms with van der Waals surface area (Å²) >= 11 is 0. The zero-order valence-corrected chi connectivity index (χ0v) is 23.0. The molecule has 0 radical (unpaired) electrons. The summed E-state index contributed by atoms with van der Waals surface area (Å²) in [5.41, 5.74) is -1.82. The molecule has 43 heavy (non-hydrogen) atoms. The van der Waals surface area contributed by atoms with Gasteiger partial charge in [0.05, 0.1) is 29.1 Å². The highest BCUT2D eigenvalue weighted by Gasteiger charge is 2.37. The highest BCUT2D eigenvalue weighted by molar-refractivity contribution is 6.06. The quantitative estimate of drug-likeness (QED) is 0.304. The molecular formula is C29H27F6N7O. The average molecular weight is 604 g/mol. The molecule has 2 saturated heterocycles. The Morgan fingerprint density at radius 3 is 2.49 bits per heavy atom. The van der Waals surface area contributed by atoms with Gasteiger partial charge in [0.15, 0.2) is 5.65 Å². The van der Waals surface area contributed by atoms with Crippen LogP contribution in [0.5, 0.6) is 0 Å². The molecule has 4 heterocycles. The van der Waals surface area contributed by atoms with Crippen molar-refractivity contribution in [2.45, 2.75) is 25.1 Å². The fourth-order valence-corrected chi connectivity index (χ4v) is 5.70. The van der Waals surface area contributed by atoms with Gasteiger partial charge in [-0.25, -0.2) is 22.7 Å². The normalized spacial score (nSPS) is 18.1. The van der Waals surface area contributed by atoms with E-state index in [2.05, 4.69) is 15.4 Å². The van der Waals surface area contributed by atoms with Crippen molar-refractivity contribution in [2.75, 3.05) is 54.9 Å². The Balaban J connectivity index is 1.30. The topological polar surface area (TPSA) is 69.0 Å². The number of carbonyl (C=O) groups excluding carboxylic acids is 1. The number of alkyl halides is 3. The molecule has 0 saturated carbocycles. The van der Waals surface area contributed by atoms with Crippen LogP contribution in [-0.4, -0.2) is 65.2 Å². The van der Waals surface area contributed by atoms with E-state index in [1.54, 1.807) is 12.3 Å². The standard InChI is InChI=1S/C29H27F6N7O/c1-39-9-11-40(12-10-39)25-15-22(32)19(14-20(25)29(33,34)35)28(43)37-23-16-36-42-8-6-26(38-27(23)42)41-7-2-3-24(41)18-13-17(30)4-5-21(18)31/h4-6,8,13-16,24H,2-3,7,9-12H2,1H3,(H,37,43)/t24-/m1/s1. The molecule has 0 spiro atoms. The van der Waals surface area contributed by atoms with Crippen molar-refractivity contribution >= 4 is 28.7 Å². The van der Waals surface area contributed by atoms with Crippen molar-refractivity contribution in [3.8, 4) is 0 Å². The molecule has 1 atom stereocenters. The Hall–Kier alpha value is -4.33. The number of fused-ring (bicyclic) bond motifs is 1. The molecule has 4 aromatic rings. The highest BCUT2D eigenvalue weighted by Crippen LogP contribution is 2.39. The van der Waals surface area contributed by atoms with E-state index in [9.17, 15) is 26.7 Å². The van der Waals surface area contributed by atoms with E-state index < -0.39 is 46.7 Å². The van der Waals surface area contributed by atoms with Crippen LogP contribution in [-0.2, 0) is 6.18 Å². The fourth-order valence-electron chi connectivity index (χ4n) is 5.70. The molecule has 2 aromatic carbocycles. The monoisotopic (exact) mass is 603 g/mol. The number of aromatic nitrogens is 3. The second-order valence-corrected chi connectivity index (χ2v) is 10.7. The summed E-state index contributed by atoms with van der Waals surface area (Å²) in [5.74, 6) is -2.91. The van der Waals surface area contributed by atoms with Gasteiger partial charge in [-0.15, -0.1) is 0 Å². The SMILES string of the molecule is CN1CCN(c2cc(F)c(C(=O)Nc3cnn4ccc(N5CCC[C@@H]5c5cc(F)ccc5F)nc34)cc2C(F)(F)F)CC1. The number of anilines is 3. The molecule has 14 heteroatoms. The predicted octanol–water partition coefficient (Wildman–Crippen LogP) is 5.51. The Kier molecular flexibility index (Phi) is 7.40. The molecule has 0 bridgehead atoms. The summed E-state index contributed by atoms with van der Waals surface area (Å²) in [7, 11) is 1.85. The van der Waals surface area contributed by atoms with Crippen molar-refractivity contribution in [2.24, 2.45) is 0 Å². The Bertz CT molecular complexity index is 1680. The summed E-state index contributed by atoms with van der Waals surface area (Å²) in [6.07, 6.45) is -0.769. The van der Waals surface area contributed by atoms with E-state index in [1.807, 2.05) is 16.8 Å². The van der Waals surface area contributed by atoms with Gasteiger partial charge >= 0.3 is 6.18 Å². The van der Waals surface area contributed by atoms with Crippen LogP contribution in [0.15, 0.2) is 48.8 Å². The van der Waals surface area contributed by atoms with Gasteiger partial charge in [-0.3, -0.25) is 4.79 Å². The van der Waals surface area contributed by atoms with E-state index in [1.165, 1.54) is 15.6 Å². The van der Waals surface area contributed by atoms with E-state index in [4.69, 9.17) is 0 Å². The molecule has 1 N–H and O–H groups in total. The maximum Gasteiger partial charge on any atom is 0.418 e. The lowest BCUT2D eigenvalue weighted by Gasteiger charge is -2.35. The first-order chi connectivity index (χ1) is 20.5. The zero-order chi connectivity index (χ0) is 30.5. The first-order valence-corrected chi connectivity index (χ1v) is 13.7. The molecule has 226 valence electrons. The molecule has 2 aromatic heterocycles. The Labute approximate surface area is 242 Å². The van der Waals surface area contributed by atoms with Crippen LogP contribution >= 0.6 is 0 Å². The predicted molar refractivity (Wildman–Crippen MR) is 148 cm³/mol. The minimum absolute atomic E-state index is 0.0376. The molecule has 2 aliphatic rings. The number of likely N-dealkylation sites (N-methyl/N-ethyl adjacent to an activating group) is 1. The maximum atomic E-state index is 15.2. The van der Waals surface area contributed by atoms with E-state index in [0.717, 1.165) is 24.3 Å². The number of halogens is 6. The zero-order valence-electron chi connectivity index (χ0n) is 23.0. The van der Waals surface area contributed by atoms with Crippen LogP contribution in [0.1, 0.15) is 40.4 Å². The number of rotatable bonds is 5. The van der Waals surface area contributed by atoms with Gasteiger partial charge in [-0.2, -0.15) is 18.3 Å². The van der Waals surface area contributed by atoms with Crippen molar-refractivity contribution in [1.82, 2.24) is 19.5 Å². The Morgan fingerprint density at radius 2 is 1.74 bits per heavy atom. The summed E-state index contributed by atoms with van der Waals surface area (Å²) < 4.78 is 87.3.